The Bertz CT molecular complexity index is 584. The molecule has 0 saturated heterocycles. The molecule has 1 N–H and O–H groups in total. The molecule has 0 saturated carbocycles. The van der Waals surface area contributed by atoms with Crippen LogP contribution in [-0.4, -0.2) is 42.6 Å². The number of likely N-dealkylation sites (N-methyl/N-ethyl adjacent to an activating group) is 1. The van der Waals surface area contributed by atoms with Crippen molar-refractivity contribution in [3.63, 3.8) is 0 Å². The van der Waals surface area contributed by atoms with Gasteiger partial charge in [-0.15, -0.1) is 0 Å². The van der Waals surface area contributed by atoms with Gasteiger partial charge in [0, 0.05) is 30.7 Å². The summed E-state index contributed by atoms with van der Waals surface area (Å²) in [6, 6.07) is 12.3. The fourth-order valence-corrected chi connectivity index (χ4v) is 2.16. The van der Waals surface area contributed by atoms with E-state index in [1.807, 2.05) is 32.4 Å². The summed E-state index contributed by atoms with van der Waals surface area (Å²) in [5, 5.41) is 2.95. The molecular formula is C17H23N3O. The largest absolute Gasteiger partial charge is 0.354 e. The van der Waals surface area contributed by atoms with Crippen LogP contribution >= 0.6 is 0 Å². The van der Waals surface area contributed by atoms with Gasteiger partial charge in [0.2, 0.25) is 5.91 Å². The number of amides is 1. The van der Waals surface area contributed by atoms with Gasteiger partial charge in [-0.3, -0.25) is 4.79 Å². The quantitative estimate of drug-likeness (QED) is 0.881. The molecule has 0 radical (unpaired) electrons. The van der Waals surface area contributed by atoms with Gasteiger partial charge in [-0.25, -0.2) is 0 Å². The van der Waals surface area contributed by atoms with Crippen molar-refractivity contribution in [2.45, 2.75) is 13.3 Å². The Labute approximate surface area is 126 Å². The fraction of sp³-hybridized carbons (Fsp3) is 0.353. The molecule has 0 aliphatic heterocycles. The molecule has 4 heteroatoms. The summed E-state index contributed by atoms with van der Waals surface area (Å²) < 4.78 is 2.06. The number of aryl methyl sites for hydroxylation is 1. The summed E-state index contributed by atoms with van der Waals surface area (Å²) in [5.74, 6) is 0.0592. The first kappa shape index (κ1) is 15.3. The predicted octanol–water partition coefficient (Wildman–Crippen LogP) is 2.01. The Morgan fingerprint density at radius 2 is 1.90 bits per heavy atom. The third kappa shape index (κ3) is 4.46. The standard InChI is InChI=1S/C17H23N3O/c1-14-6-8-15(9-7-14)20-11-4-5-16(20)13-17(21)18-10-12-19(2)3/h4-9,11H,10,12-13H2,1-3H3,(H,18,21). The van der Waals surface area contributed by atoms with E-state index < -0.39 is 0 Å². The highest BCUT2D eigenvalue weighted by molar-refractivity contribution is 5.78. The van der Waals surface area contributed by atoms with Gasteiger partial charge in [0.1, 0.15) is 0 Å². The van der Waals surface area contributed by atoms with Crippen molar-refractivity contribution in [3.05, 3.63) is 53.9 Å². The van der Waals surface area contributed by atoms with E-state index in [1.165, 1.54) is 5.56 Å². The molecule has 21 heavy (non-hydrogen) atoms. The molecule has 0 aliphatic carbocycles. The minimum Gasteiger partial charge on any atom is -0.354 e. The molecule has 112 valence electrons. The van der Waals surface area contributed by atoms with Crippen molar-refractivity contribution in [1.82, 2.24) is 14.8 Å². The van der Waals surface area contributed by atoms with E-state index in [-0.39, 0.29) is 5.91 Å². The van der Waals surface area contributed by atoms with E-state index in [9.17, 15) is 4.79 Å². The van der Waals surface area contributed by atoms with Crippen LogP contribution in [0.1, 0.15) is 11.3 Å². The van der Waals surface area contributed by atoms with Crippen molar-refractivity contribution in [2.75, 3.05) is 27.2 Å². The van der Waals surface area contributed by atoms with Crippen LogP contribution in [0.5, 0.6) is 0 Å². The third-order valence-electron chi connectivity index (χ3n) is 3.37. The molecule has 1 amide bonds. The second-order valence-electron chi connectivity index (χ2n) is 5.54. The van der Waals surface area contributed by atoms with Gasteiger partial charge < -0.3 is 14.8 Å². The molecule has 4 nitrogen and oxygen atoms in total. The molecule has 0 atom stereocenters. The SMILES string of the molecule is Cc1ccc(-n2cccc2CC(=O)NCCN(C)C)cc1. The summed E-state index contributed by atoms with van der Waals surface area (Å²) in [5.41, 5.74) is 3.32. The first-order valence-corrected chi connectivity index (χ1v) is 7.21. The lowest BCUT2D eigenvalue weighted by Gasteiger charge is -2.12. The van der Waals surface area contributed by atoms with Gasteiger partial charge in [-0.05, 0) is 45.3 Å². The number of benzene rings is 1. The van der Waals surface area contributed by atoms with Crippen molar-refractivity contribution < 1.29 is 4.79 Å². The molecule has 0 unspecified atom stereocenters. The Balaban J connectivity index is 2.00. The van der Waals surface area contributed by atoms with Crippen LogP contribution in [0.25, 0.3) is 5.69 Å². The zero-order chi connectivity index (χ0) is 15.2. The summed E-state index contributed by atoms with van der Waals surface area (Å²) in [6.07, 6.45) is 2.39. The molecule has 1 aromatic carbocycles. The topological polar surface area (TPSA) is 37.3 Å². The van der Waals surface area contributed by atoms with E-state index in [4.69, 9.17) is 0 Å². The Morgan fingerprint density at radius 1 is 1.19 bits per heavy atom. The zero-order valence-corrected chi connectivity index (χ0v) is 13.0. The Kier molecular flexibility index (Phi) is 5.17. The van der Waals surface area contributed by atoms with Crippen molar-refractivity contribution >= 4 is 5.91 Å². The van der Waals surface area contributed by atoms with Gasteiger partial charge in [0.15, 0.2) is 0 Å². The van der Waals surface area contributed by atoms with E-state index >= 15 is 0 Å². The summed E-state index contributed by atoms with van der Waals surface area (Å²) >= 11 is 0. The van der Waals surface area contributed by atoms with Crippen molar-refractivity contribution in [2.24, 2.45) is 0 Å². The number of carbonyl (C=O) groups is 1. The van der Waals surface area contributed by atoms with Crippen LogP contribution in [0.4, 0.5) is 0 Å². The van der Waals surface area contributed by atoms with Crippen LogP contribution in [0.15, 0.2) is 42.6 Å². The maximum Gasteiger partial charge on any atom is 0.225 e. The second kappa shape index (κ2) is 7.09. The predicted molar refractivity (Wildman–Crippen MR) is 85.8 cm³/mol. The molecule has 0 aliphatic rings. The Morgan fingerprint density at radius 3 is 2.57 bits per heavy atom. The van der Waals surface area contributed by atoms with Crippen LogP contribution in [-0.2, 0) is 11.2 Å². The molecule has 2 rings (SSSR count). The molecule has 1 heterocycles. The van der Waals surface area contributed by atoms with Crippen LogP contribution in [0.3, 0.4) is 0 Å². The number of hydrogen-bond acceptors (Lipinski definition) is 2. The lowest BCUT2D eigenvalue weighted by molar-refractivity contribution is -0.120. The summed E-state index contributed by atoms with van der Waals surface area (Å²) in [7, 11) is 3.99. The van der Waals surface area contributed by atoms with Gasteiger partial charge in [0.05, 0.1) is 6.42 Å². The first-order chi connectivity index (χ1) is 10.1. The highest BCUT2D eigenvalue weighted by Gasteiger charge is 2.08. The van der Waals surface area contributed by atoms with Gasteiger partial charge in [-0.1, -0.05) is 17.7 Å². The second-order valence-corrected chi connectivity index (χ2v) is 5.54. The lowest BCUT2D eigenvalue weighted by Crippen LogP contribution is -2.32. The number of aromatic nitrogens is 1. The summed E-state index contributed by atoms with van der Waals surface area (Å²) in [6.45, 7) is 3.60. The first-order valence-electron chi connectivity index (χ1n) is 7.21. The molecule has 0 bridgehead atoms. The summed E-state index contributed by atoms with van der Waals surface area (Å²) in [4.78, 5) is 14.0. The van der Waals surface area contributed by atoms with E-state index in [1.54, 1.807) is 0 Å². The fourth-order valence-electron chi connectivity index (χ4n) is 2.16. The van der Waals surface area contributed by atoms with Crippen molar-refractivity contribution in [1.29, 1.82) is 0 Å². The zero-order valence-electron chi connectivity index (χ0n) is 13.0. The Hall–Kier alpha value is -2.07. The highest BCUT2D eigenvalue weighted by Crippen LogP contribution is 2.14. The van der Waals surface area contributed by atoms with Crippen molar-refractivity contribution in [3.8, 4) is 5.69 Å². The van der Waals surface area contributed by atoms with E-state index in [0.29, 0.717) is 13.0 Å². The monoisotopic (exact) mass is 285 g/mol. The molecular weight excluding hydrogens is 262 g/mol. The minimum absolute atomic E-state index is 0.0592. The third-order valence-corrected chi connectivity index (χ3v) is 3.37. The maximum absolute atomic E-state index is 12.0. The van der Waals surface area contributed by atoms with Crippen LogP contribution < -0.4 is 5.32 Å². The minimum atomic E-state index is 0.0592. The number of nitrogens with one attached hydrogen (secondary N) is 1. The molecule has 0 fully saturated rings. The van der Waals surface area contributed by atoms with Gasteiger partial charge in [0.25, 0.3) is 0 Å². The molecule has 2 aromatic rings. The average molecular weight is 285 g/mol. The maximum atomic E-state index is 12.0. The van der Waals surface area contributed by atoms with E-state index in [2.05, 4.69) is 46.0 Å². The van der Waals surface area contributed by atoms with Crippen LogP contribution in [0, 0.1) is 6.92 Å². The number of carbonyl (C=O) groups excluding carboxylic acids is 1. The molecule has 0 spiro atoms. The molecule has 1 aromatic heterocycles. The lowest BCUT2D eigenvalue weighted by atomic mass is 10.2. The average Bonchev–Trinajstić information content (AvgIpc) is 2.87. The smallest absolute Gasteiger partial charge is 0.225 e. The van der Waals surface area contributed by atoms with Gasteiger partial charge in [-0.2, -0.15) is 0 Å². The number of nitrogens with zero attached hydrogens (tertiary/aromatic N) is 2. The van der Waals surface area contributed by atoms with Gasteiger partial charge >= 0.3 is 0 Å². The van der Waals surface area contributed by atoms with E-state index in [0.717, 1.165) is 17.9 Å². The van der Waals surface area contributed by atoms with Crippen LogP contribution in [0.2, 0.25) is 0 Å². The highest BCUT2D eigenvalue weighted by atomic mass is 16.1. The number of hydrogen-bond donors (Lipinski definition) is 1. The number of rotatable bonds is 6. The normalized spacial score (nSPS) is 10.9.